The Morgan fingerprint density at radius 3 is 2.72 bits per heavy atom. The number of nitrogens with one attached hydrogen (secondary N) is 2. The molecule has 0 radical (unpaired) electrons. The van der Waals surface area contributed by atoms with Gasteiger partial charge in [-0.15, -0.1) is 24.0 Å². The number of halogens is 2. The Morgan fingerprint density at radius 1 is 1.31 bits per heavy atom. The number of aliphatic imine (C=N–C) groups is 1. The minimum Gasteiger partial charge on any atom is -0.354 e. The van der Waals surface area contributed by atoms with Crippen molar-refractivity contribution < 1.29 is 4.52 Å². The van der Waals surface area contributed by atoms with E-state index in [1.165, 1.54) is 0 Å². The van der Waals surface area contributed by atoms with E-state index in [1.807, 2.05) is 24.3 Å². The van der Waals surface area contributed by atoms with Crippen LogP contribution < -0.4 is 10.6 Å². The molecule has 0 saturated carbocycles. The van der Waals surface area contributed by atoms with E-state index in [9.17, 15) is 0 Å². The van der Waals surface area contributed by atoms with Crippen molar-refractivity contribution in [1.82, 2.24) is 25.7 Å². The molecule has 2 rings (SSSR count). The van der Waals surface area contributed by atoms with Gasteiger partial charge in [-0.2, -0.15) is 4.98 Å². The molecule has 1 heterocycles. The summed E-state index contributed by atoms with van der Waals surface area (Å²) in [6, 6.07) is 7.70. The highest BCUT2D eigenvalue weighted by Crippen LogP contribution is 2.19. The van der Waals surface area contributed by atoms with Gasteiger partial charge < -0.3 is 20.1 Å². The van der Waals surface area contributed by atoms with Crippen molar-refractivity contribution in [2.75, 3.05) is 26.7 Å². The van der Waals surface area contributed by atoms with Crippen LogP contribution in [0.15, 0.2) is 33.8 Å². The van der Waals surface area contributed by atoms with Crippen LogP contribution in [0.4, 0.5) is 0 Å². The van der Waals surface area contributed by atoms with Gasteiger partial charge in [-0.25, -0.2) is 0 Å². The normalized spacial score (nSPS) is 12.6. The molecular weight excluding hydrogens is 503 g/mol. The average molecular weight is 535 g/mol. The zero-order valence-electron chi connectivity index (χ0n) is 17.6. The van der Waals surface area contributed by atoms with E-state index in [1.54, 1.807) is 7.05 Å². The second kappa shape index (κ2) is 13.8. The number of hydrogen-bond donors (Lipinski definition) is 2. The minimum absolute atomic E-state index is 0. The van der Waals surface area contributed by atoms with Crippen LogP contribution in [-0.2, 0) is 6.54 Å². The summed E-state index contributed by atoms with van der Waals surface area (Å²) in [6.45, 7) is 10.3. The molecule has 2 aromatic rings. The monoisotopic (exact) mass is 534 g/mol. The fourth-order valence-corrected chi connectivity index (χ4v) is 3.08. The number of guanidine groups is 1. The first-order valence-electron chi connectivity index (χ1n) is 9.83. The Morgan fingerprint density at radius 2 is 2.07 bits per heavy atom. The Labute approximate surface area is 195 Å². The van der Waals surface area contributed by atoms with Gasteiger partial charge in [0, 0.05) is 23.7 Å². The van der Waals surface area contributed by atoms with Gasteiger partial charge in [-0.1, -0.05) is 42.7 Å². The molecule has 1 aromatic carbocycles. The van der Waals surface area contributed by atoms with Crippen LogP contribution in [-0.4, -0.2) is 53.7 Å². The molecule has 0 bridgehead atoms. The Hall–Kier alpha value is -1.39. The molecule has 0 aliphatic carbocycles. The van der Waals surface area contributed by atoms with E-state index in [0.717, 1.165) is 44.0 Å². The Balaban J connectivity index is 0.00000420. The Bertz CT molecular complexity index is 750. The van der Waals surface area contributed by atoms with Crippen LogP contribution in [0.25, 0.3) is 11.4 Å². The number of rotatable bonds is 10. The van der Waals surface area contributed by atoms with Gasteiger partial charge in [0.25, 0.3) is 0 Å². The molecule has 29 heavy (non-hydrogen) atoms. The molecule has 1 atom stereocenters. The maximum atomic E-state index is 6.02. The fourth-order valence-electron chi connectivity index (χ4n) is 2.89. The standard InChI is InChI=1S/C20H31ClN6O.HI/c1-5-27(6-2)12-8-9-15(3)24-20(22-4)23-14-18-25-19(26-28-18)16-10-7-11-17(21)13-16;/h7,10-11,13,15H,5-6,8-9,12,14H2,1-4H3,(H2,22,23,24);1H. The summed E-state index contributed by atoms with van der Waals surface area (Å²) in [5, 5.41) is 11.3. The summed E-state index contributed by atoms with van der Waals surface area (Å²) in [5.74, 6) is 1.73. The lowest BCUT2D eigenvalue weighted by molar-refractivity contribution is 0.292. The molecule has 2 N–H and O–H groups in total. The molecule has 0 saturated heterocycles. The molecular formula is C20H32ClIN6O. The first-order chi connectivity index (χ1) is 13.5. The van der Waals surface area contributed by atoms with E-state index in [4.69, 9.17) is 16.1 Å². The van der Waals surface area contributed by atoms with Gasteiger partial charge in [0.2, 0.25) is 11.7 Å². The molecule has 1 unspecified atom stereocenters. The summed E-state index contributed by atoms with van der Waals surface area (Å²) < 4.78 is 5.32. The quantitative estimate of drug-likeness (QED) is 0.270. The van der Waals surface area contributed by atoms with Gasteiger partial charge in [-0.05, 0) is 51.5 Å². The fraction of sp³-hybridized carbons (Fsp3) is 0.550. The molecule has 9 heteroatoms. The minimum atomic E-state index is 0. The summed E-state index contributed by atoms with van der Waals surface area (Å²) >= 11 is 6.02. The molecule has 0 spiro atoms. The zero-order chi connectivity index (χ0) is 20.4. The van der Waals surface area contributed by atoms with Gasteiger partial charge in [0.05, 0.1) is 6.54 Å². The lowest BCUT2D eigenvalue weighted by atomic mass is 10.2. The van der Waals surface area contributed by atoms with Gasteiger partial charge >= 0.3 is 0 Å². The van der Waals surface area contributed by atoms with Crippen LogP contribution in [0, 0.1) is 0 Å². The molecule has 0 fully saturated rings. The average Bonchev–Trinajstić information content (AvgIpc) is 3.17. The third-order valence-electron chi connectivity index (χ3n) is 4.57. The number of hydrogen-bond acceptors (Lipinski definition) is 5. The summed E-state index contributed by atoms with van der Waals surface area (Å²) in [4.78, 5) is 11.1. The van der Waals surface area contributed by atoms with E-state index in [0.29, 0.717) is 29.3 Å². The summed E-state index contributed by atoms with van der Waals surface area (Å²) in [5.41, 5.74) is 0.826. The van der Waals surface area contributed by atoms with Crippen LogP contribution in [0.2, 0.25) is 5.02 Å². The van der Waals surface area contributed by atoms with E-state index < -0.39 is 0 Å². The van der Waals surface area contributed by atoms with Crippen molar-refractivity contribution in [3.05, 3.63) is 35.2 Å². The van der Waals surface area contributed by atoms with Crippen LogP contribution >= 0.6 is 35.6 Å². The second-order valence-corrected chi connectivity index (χ2v) is 7.10. The lowest BCUT2D eigenvalue weighted by Gasteiger charge is -2.21. The first-order valence-corrected chi connectivity index (χ1v) is 10.2. The molecule has 0 aliphatic heterocycles. The molecule has 7 nitrogen and oxygen atoms in total. The van der Waals surface area contributed by atoms with Crippen LogP contribution in [0.1, 0.15) is 39.5 Å². The first kappa shape index (κ1) is 25.6. The van der Waals surface area contributed by atoms with E-state index >= 15 is 0 Å². The van der Waals surface area contributed by atoms with Crippen molar-refractivity contribution >= 4 is 41.5 Å². The molecule has 162 valence electrons. The highest BCUT2D eigenvalue weighted by Gasteiger charge is 2.11. The van der Waals surface area contributed by atoms with Gasteiger partial charge in [0.15, 0.2) is 5.96 Å². The third-order valence-corrected chi connectivity index (χ3v) is 4.81. The maximum absolute atomic E-state index is 6.02. The predicted octanol–water partition coefficient (Wildman–Crippen LogP) is 4.18. The Kier molecular flexibility index (Phi) is 12.2. The zero-order valence-corrected chi connectivity index (χ0v) is 20.7. The van der Waals surface area contributed by atoms with Crippen LogP contribution in [0.5, 0.6) is 0 Å². The highest BCUT2D eigenvalue weighted by atomic mass is 127. The second-order valence-electron chi connectivity index (χ2n) is 6.66. The number of benzene rings is 1. The third kappa shape index (κ3) is 8.88. The molecule has 1 aromatic heterocycles. The largest absolute Gasteiger partial charge is 0.354 e. The van der Waals surface area contributed by atoms with Crippen molar-refractivity contribution in [1.29, 1.82) is 0 Å². The van der Waals surface area contributed by atoms with Gasteiger partial charge in [0.1, 0.15) is 0 Å². The lowest BCUT2D eigenvalue weighted by Crippen LogP contribution is -2.42. The van der Waals surface area contributed by atoms with Gasteiger partial charge in [-0.3, -0.25) is 4.99 Å². The summed E-state index contributed by atoms with van der Waals surface area (Å²) in [7, 11) is 1.75. The predicted molar refractivity (Wildman–Crippen MR) is 130 cm³/mol. The smallest absolute Gasteiger partial charge is 0.246 e. The maximum Gasteiger partial charge on any atom is 0.246 e. The van der Waals surface area contributed by atoms with Crippen molar-refractivity contribution in [2.45, 2.75) is 46.2 Å². The van der Waals surface area contributed by atoms with Crippen LogP contribution in [0.3, 0.4) is 0 Å². The summed E-state index contributed by atoms with van der Waals surface area (Å²) in [6.07, 6.45) is 2.23. The number of aromatic nitrogens is 2. The van der Waals surface area contributed by atoms with Crippen molar-refractivity contribution in [2.24, 2.45) is 4.99 Å². The highest BCUT2D eigenvalue weighted by molar-refractivity contribution is 14.0. The number of nitrogens with zero attached hydrogens (tertiary/aromatic N) is 4. The van der Waals surface area contributed by atoms with Crippen molar-refractivity contribution in [3.63, 3.8) is 0 Å². The topological polar surface area (TPSA) is 78.6 Å². The SMILES string of the molecule is CCN(CC)CCCC(C)NC(=NC)NCc1nc(-c2cccc(Cl)c2)no1.I. The molecule has 0 amide bonds. The van der Waals surface area contributed by atoms with Crippen molar-refractivity contribution in [3.8, 4) is 11.4 Å². The molecule has 0 aliphatic rings. The van der Waals surface area contributed by atoms with E-state index in [2.05, 4.69) is 51.4 Å². The van der Waals surface area contributed by atoms with E-state index in [-0.39, 0.29) is 24.0 Å².